The van der Waals surface area contributed by atoms with Crippen LogP contribution in [0, 0.1) is 17.8 Å². The zero-order valence-corrected chi connectivity index (χ0v) is 17.1. The van der Waals surface area contributed by atoms with Gasteiger partial charge < -0.3 is 4.74 Å². The summed E-state index contributed by atoms with van der Waals surface area (Å²) < 4.78 is 7.35. The molecular formula is C25H25O2S+. The summed E-state index contributed by atoms with van der Waals surface area (Å²) in [6.45, 7) is 4.14. The van der Waals surface area contributed by atoms with Gasteiger partial charge in [0.1, 0.15) is 11.0 Å². The van der Waals surface area contributed by atoms with Crippen molar-refractivity contribution in [3.63, 3.8) is 0 Å². The highest BCUT2D eigenvalue weighted by Gasteiger charge is 2.46. The zero-order valence-electron chi connectivity index (χ0n) is 16.3. The Bertz CT molecular complexity index is 1060. The second-order valence-electron chi connectivity index (χ2n) is 8.58. The normalized spacial score (nSPS) is 24.1. The standard InChI is InChI=1S/C25H25O2S/c1-25(2,22-16-17-7-8-20(22)15-17)27-24(26)19-9-11-21(12-10-19)28-14-13-18-5-3-4-6-23(18)28/h3-14,17,20,22H,15-16H2,1-2H3/q+1. The number of benzene rings is 2. The van der Waals surface area contributed by atoms with Gasteiger partial charge in [0, 0.05) is 27.8 Å². The fourth-order valence-electron chi connectivity index (χ4n) is 4.93. The molecule has 3 heteroatoms. The molecule has 5 rings (SSSR count). The van der Waals surface area contributed by atoms with E-state index in [1.807, 2.05) is 12.1 Å². The van der Waals surface area contributed by atoms with E-state index in [2.05, 4.69) is 73.8 Å². The molecule has 4 unspecified atom stereocenters. The first-order valence-corrected chi connectivity index (χ1v) is 11.3. The summed E-state index contributed by atoms with van der Waals surface area (Å²) in [7, 11) is -0.0495. The minimum absolute atomic E-state index is 0.0495. The number of carbonyl (C=O) groups is 1. The van der Waals surface area contributed by atoms with E-state index < -0.39 is 5.60 Å². The highest BCUT2D eigenvalue weighted by atomic mass is 32.2. The Kier molecular flexibility index (Phi) is 4.17. The maximum Gasteiger partial charge on any atom is 0.338 e. The van der Waals surface area contributed by atoms with Gasteiger partial charge in [-0.25, -0.2) is 4.79 Å². The molecule has 142 valence electrons. The van der Waals surface area contributed by atoms with E-state index in [-0.39, 0.29) is 16.4 Å². The van der Waals surface area contributed by atoms with Crippen LogP contribution < -0.4 is 0 Å². The monoisotopic (exact) mass is 389 g/mol. The van der Waals surface area contributed by atoms with E-state index in [1.54, 1.807) is 0 Å². The quantitative estimate of drug-likeness (QED) is 0.281. The van der Waals surface area contributed by atoms with Gasteiger partial charge in [0.15, 0.2) is 9.60 Å². The second-order valence-corrected chi connectivity index (χ2v) is 10.4. The summed E-state index contributed by atoms with van der Waals surface area (Å²) in [5, 5.41) is 3.54. The minimum Gasteiger partial charge on any atom is -0.456 e. The molecule has 4 atom stereocenters. The van der Waals surface area contributed by atoms with Gasteiger partial charge in [-0.05, 0) is 74.9 Å². The van der Waals surface area contributed by atoms with Crippen molar-refractivity contribution >= 4 is 26.5 Å². The molecule has 2 aromatic carbocycles. The minimum atomic E-state index is -0.436. The predicted molar refractivity (Wildman–Crippen MR) is 116 cm³/mol. The molecule has 1 aromatic heterocycles. The van der Waals surface area contributed by atoms with Crippen molar-refractivity contribution in [2.24, 2.45) is 17.8 Å². The largest absolute Gasteiger partial charge is 0.456 e. The Morgan fingerprint density at radius 1 is 1.00 bits per heavy atom. The fourth-order valence-corrected chi connectivity index (χ4v) is 6.81. The van der Waals surface area contributed by atoms with Crippen molar-refractivity contribution in [3.8, 4) is 4.90 Å². The SMILES string of the molecule is CC(C)(OC(=O)c1ccc(-[s+]2ccc3ccccc32)cc1)C1CC2C=CC1C2. The van der Waals surface area contributed by atoms with Crippen LogP contribution in [0.2, 0.25) is 0 Å². The van der Waals surface area contributed by atoms with Crippen LogP contribution >= 0.6 is 10.5 Å². The van der Waals surface area contributed by atoms with Crippen molar-refractivity contribution < 1.29 is 9.53 Å². The molecule has 0 N–H and O–H groups in total. The van der Waals surface area contributed by atoms with Crippen LogP contribution in [0.4, 0.5) is 0 Å². The number of ether oxygens (including phenoxy) is 1. The molecule has 3 aromatic rings. The van der Waals surface area contributed by atoms with E-state index in [0.29, 0.717) is 23.3 Å². The molecule has 0 aliphatic heterocycles. The Morgan fingerprint density at radius 3 is 2.50 bits per heavy atom. The van der Waals surface area contributed by atoms with Gasteiger partial charge in [-0.3, -0.25) is 0 Å². The van der Waals surface area contributed by atoms with Gasteiger partial charge in [-0.15, -0.1) is 0 Å². The first-order valence-electron chi connectivity index (χ1n) is 10.0. The average molecular weight is 390 g/mol. The Hall–Kier alpha value is -2.39. The van der Waals surface area contributed by atoms with Crippen LogP contribution in [0.25, 0.3) is 15.0 Å². The lowest BCUT2D eigenvalue weighted by molar-refractivity contribution is -0.0360. The lowest BCUT2D eigenvalue weighted by Crippen LogP contribution is -2.38. The summed E-state index contributed by atoms with van der Waals surface area (Å²) >= 11 is 0. The zero-order chi connectivity index (χ0) is 19.3. The predicted octanol–water partition coefficient (Wildman–Crippen LogP) is 6.73. The summed E-state index contributed by atoms with van der Waals surface area (Å²) in [6.07, 6.45) is 7.00. The Morgan fingerprint density at radius 2 is 1.79 bits per heavy atom. The molecule has 1 fully saturated rings. The van der Waals surface area contributed by atoms with Crippen molar-refractivity contribution in [3.05, 3.63) is 77.7 Å². The number of thiophene rings is 1. The third kappa shape index (κ3) is 2.98. The third-order valence-corrected chi connectivity index (χ3v) is 8.45. The van der Waals surface area contributed by atoms with Gasteiger partial charge in [0.2, 0.25) is 0 Å². The highest BCUT2D eigenvalue weighted by Crippen LogP contribution is 2.49. The average Bonchev–Trinajstić information content (AvgIpc) is 3.43. The lowest BCUT2D eigenvalue weighted by Gasteiger charge is -2.35. The number of fused-ring (bicyclic) bond motifs is 3. The van der Waals surface area contributed by atoms with Crippen LogP contribution in [-0.2, 0) is 4.74 Å². The van der Waals surface area contributed by atoms with E-state index in [1.165, 1.54) is 21.4 Å². The molecule has 0 amide bonds. The summed E-state index contributed by atoms with van der Waals surface area (Å²) in [6, 6.07) is 18.6. The summed E-state index contributed by atoms with van der Waals surface area (Å²) in [4.78, 5) is 14.0. The van der Waals surface area contributed by atoms with Gasteiger partial charge >= 0.3 is 5.97 Å². The molecule has 1 heterocycles. The molecule has 2 aliphatic rings. The number of rotatable bonds is 4. The van der Waals surface area contributed by atoms with Crippen molar-refractivity contribution in [1.29, 1.82) is 0 Å². The molecule has 2 bridgehead atoms. The molecule has 0 spiro atoms. The van der Waals surface area contributed by atoms with Crippen LogP contribution in [0.1, 0.15) is 37.0 Å². The van der Waals surface area contributed by atoms with E-state index in [9.17, 15) is 4.79 Å². The molecule has 0 radical (unpaired) electrons. The summed E-state index contributed by atoms with van der Waals surface area (Å²) in [5.41, 5.74) is 0.199. The number of esters is 1. The smallest absolute Gasteiger partial charge is 0.338 e. The van der Waals surface area contributed by atoms with Crippen molar-refractivity contribution in [2.45, 2.75) is 32.3 Å². The topological polar surface area (TPSA) is 26.3 Å². The maximum absolute atomic E-state index is 12.8. The first-order chi connectivity index (χ1) is 13.5. The molecule has 2 aliphatic carbocycles. The van der Waals surface area contributed by atoms with Crippen LogP contribution in [0.15, 0.2) is 72.1 Å². The number of carbonyl (C=O) groups excluding carboxylic acids is 1. The number of allylic oxidation sites excluding steroid dienone is 2. The second kappa shape index (κ2) is 6.59. The fraction of sp³-hybridized carbons (Fsp3) is 0.320. The molecule has 2 nitrogen and oxygen atoms in total. The maximum atomic E-state index is 12.8. The molecular weight excluding hydrogens is 364 g/mol. The van der Waals surface area contributed by atoms with E-state index in [0.717, 1.165) is 6.42 Å². The number of hydrogen-bond donors (Lipinski definition) is 0. The molecule has 0 saturated heterocycles. The van der Waals surface area contributed by atoms with Crippen LogP contribution in [0.5, 0.6) is 0 Å². The van der Waals surface area contributed by atoms with Crippen molar-refractivity contribution in [2.75, 3.05) is 0 Å². The van der Waals surface area contributed by atoms with Gasteiger partial charge in [-0.1, -0.05) is 24.3 Å². The first kappa shape index (κ1) is 17.7. The van der Waals surface area contributed by atoms with Crippen molar-refractivity contribution in [1.82, 2.24) is 0 Å². The molecule has 28 heavy (non-hydrogen) atoms. The third-order valence-electron chi connectivity index (χ3n) is 6.41. The lowest BCUT2D eigenvalue weighted by atomic mass is 9.80. The molecule has 1 saturated carbocycles. The van der Waals surface area contributed by atoms with Gasteiger partial charge in [-0.2, -0.15) is 0 Å². The Balaban J connectivity index is 1.34. The van der Waals surface area contributed by atoms with E-state index in [4.69, 9.17) is 4.74 Å². The van der Waals surface area contributed by atoms with E-state index >= 15 is 0 Å². The van der Waals surface area contributed by atoms with Crippen LogP contribution in [0.3, 0.4) is 0 Å². The highest BCUT2D eigenvalue weighted by molar-refractivity contribution is 7.43. The van der Waals surface area contributed by atoms with Crippen LogP contribution in [-0.4, -0.2) is 11.6 Å². The number of hydrogen-bond acceptors (Lipinski definition) is 2. The van der Waals surface area contributed by atoms with Gasteiger partial charge in [0.05, 0.1) is 5.56 Å². The summed E-state index contributed by atoms with van der Waals surface area (Å²) in [5.74, 6) is 1.45. The Labute approximate surface area is 168 Å². The van der Waals surface area contributed by atoms with Gasteiger partial charge in [0.25, 0.3) is 0 Å².